The number of methoxy groups -OCH3 is 1. The summed E-state index contributed by atoms with van der Waals surface area (Å²) in [6.07, 6.45) is 4.96. The fraction of sp³-hybridized carbons (Fsp3) is 0.476. The van der Waals surface area contributed by atoms with E-state index < -0.39 is 6.04 Å². The van der Waals surface area contributed by atoms with Gasteiger partial charge in [0.05, 0.1) is 12.8 Å². The number of hydrogen-bond donors (Lipinski definition) is 0. The van der Waals surface area contributed by atoms with Gasteiger partial charge in [0, 0.05) is 16.6 Å². The van der Waals surface area contributed by atoms with Crippen LogP contribution in [0.4, 0.5) is 0 Å². The van der Waals surface area contributed by atoms with E-state index in [9.17, 15) is 9.59 Å². The molecular formula is C21H23ClN2O3S. The molecule has 1 aliphatic carbocycles. The first kappa shape index (κ1) is 19.4. The summed E-state index contributed by atoms with van der Waals surface area (Å²) in [4.78, 5) is 32.9. The predicted molar refractivity (Wildman–Crippen MR) is 110 cm³/mol. The number of carbonyl (C=O) groups is 2. The number of aromatic nitrogens is 1. The number of thiazole rings is 1. The van der Waals surface area contributed by atoms with Gasteiger partial charge in [-0.1, -0.05) is 36.6 Å². The third-order valence-corrected chi connectivity index (χ3v) is 7.29. The number of halogens is 1. The van der Waals surface area contributed by atoms with Crippen LogP contribution in [0.3, 0.4) is 0 Å². The van der Waals surface area contributed by atoms with Gasteiger partial charge in [0.15, 0.2) is 0 Å². The number of rotatable bonds is 3. The lowest BCUT2D eigenvalue weighted by molar-refractivity contribution is -0.145. The maximum atomic E-state index is 13.5. The number of esters is 1. The minimum atomic E-state index is -0.498. The second kappa shape index (κ2) is 7.84. The van der Waals surface area contributed by atoms with Crippen molar-refractivity contribution in [1.82, 2.24) is 9.88 Å². The molecule has 2 heterocycles. The lowest BCUT2D eigenvalue weighted by Gasteiger charge is -2.33. The quantitative estimate of drug-likeness (QED) is 0.677. The summed E-state index contributed by atoms with van der Waals surface area (Å²) in [5.74, 6) is -0.0458. The summed E-state index contributed by atoms with van der Waals surface area (Å²) in [7, 11) is 1.39. The van der Waals surface area contributed by atoms with E-state index in [1.54, 1.807) is 4.90 Å². The number of fused-ring (bicyclic) bond motifs is 1. The van der Waals surface area contributed by atoms with Crippen molar-refractivity contribution in [3.8, 4) is 10.6 Å². The van der Waals surface area contributed by atoms with Gasteiger partial charge in [0.25, 0.3) is 5.91 Å². The van der Waals surface area contributed by atoms with Crippen molar-refractivity contribution in [2.75, 3.05) is 7.11 Å². The lowest BCUT2D eigenvalue weighted by atomic mass is 9.84. The number of hydrogen-bond acceptors (Lipinski definition) is 5. The van der Waals surface area contributed by atoms with Crippen molar-refractivity contribution >= 4 is 34.8 Å². The molecule has 3 atom stereocenters. The largest absolute Gasteiger partial charge is 0.467 e. The average molecular weight is 419 g/mol. The zero-order valence-corrected chi connectivity index (χ0v) is 17.6. The number of ether oxygens (including phenoxy) is 1. The molecule has 1 amide bonds. The molecule has 5 nitrogen and oxygen atoms in total. The Hall–Kier alpha value is -1.92. The highest BCUT2D eigenvalue weighted by atomic mass is 35.5. The van der Waals surface area contributed by atoms with Gasteiger partial charge >= 0.3 is 5.97 Å². The molecule has 0 bridgehead atoms. The van der Waals surface area contributed by atoms with Gasteiger partial charge < -0.3 is 9.64 Å². The summed E-state index contributed by atoms with van der Waals surface area (Å²) in [6, 6.07) is 7.08. The first-order valence-corrected chi connectivity index (χ1v) is 10.8. The van der Waals surface area contributed by atoms with Crippen molar-refractivity contribution < 1.29 is 14.3 Å². The molecule has 0 spiro atoms. The summed E-state index contributed by atoms with van der Waals surface area (Å²) in [6.45, 7) is 1.85. The Bertz CT molecular complexity index is 913. The highest BCUT2D eigenvalue weighted by Crippen LogP contribution is 2.42. The topological polar surface area (TPSA) is 59.5 Å². The monoisotopic (exact) mass is 418 g/mol. The van der Waals surface area contributed by atoms with Crippen LogP contribution in [0.15, 0.2) is 24.3 Å². The summed E-state index contributed by atoms with van der Waals surface area (Å²) in [5, 5.41) is 1.39. The molecule has 4 rings (SSSR count). The molecule has 0 radical (unpaired) electrons. The normalized spacial score (nSPS) is 24.1. The second-order valence-corrected chi connectivity index (χ2v) is 8.98. The number of likely N-dealkylation sites (tertiary alicyclic amines) is 1. The molecule has 7 heteroatoms. The zero-order valence-electron chi connectivity index (χ0n) is 16.0. The highest BCUT2D eigenvalue weighted by Gasteiger charge is 2.48. The smallest absolute Gasteiger partial charge is 0.328 e. The van der Waals surface area contributed by atoms with E-state index in [4.69, 9.17) is 16.3 Å². The fourth-order valence-electron chi connectivity index (χ4n) is 4.56. The number of aryl methyl sites for hydroxylation is 1. The minimum Gasteiger partial charge on any atom is -0.467 e. The van der Waals surface area contributed by atoms with Gasteiger partial charge in [-0.2, -0.15) is 0 Å². The number of benzene rings is 1. The average Bonchev–Trinajstić information content (AvgIpc) is 3.28. The van der Waals surface area contributed by atoms with Crippen LogP contribution in [0, 0.1) is 12.8 Å². The molecule has 1 saturated carbocycles. The third-order valence-electron chi connectivity index (χ3n) is 5.86. The van der Waals surface area contributed by atoms with Gasteiger partial charge in [-0.3, -0.25) is 4.79 Å². The SMILES string of the molecule is COC(=O)C1CC2CCCCC2N1C(=O)c1sc(-c2cccc(Cl)c2)nc1C. The lowest BCUT2D eigenvalue weighted by Crippen LogP contribution is -2.46. The van der Waals surface area contributed by atoms with E-state index in [1.807, 2.05) is 31.2 Å². The van der Waals surface area contributed by atoms with Crippen molar-refractivity contribution in [3.05, 3.63) is 39.9 Å². The van der Waals surface area contributed by atoms with Crippen LogP contribution in [0.2, 0.25) is 5.02 Å². The Balaban J connectivity index is 1.68. The Morgan fingerprint density at radius 2 is 2.07 bits per heavy atom. The molecule has 2 aromatic rings. The van der Waals surface area contributed by atoms with Gasteiger partial charge in [-0.05, 0) is 44.2 Å². The van der Waals surface area contributed by atoms with E-state index >= 15 is 0 Å². The van der Waals surface area contributed by atoms with Crippen LogP contribution in [-0.2, 0) is 9.53 Å². The van der Waals surface area contributed by atoms with E-state index in [0.717, 1.165) is 36.3 Å². The molecule has 0 N–H and O–H groups in total. The Morgan fingerprint density at radius 1 is 1.29 bits per heavy atom. The van der Waals surface area contributed by atoms with Crippen molar-refractivity contribution in [3.63, 3.8) is 0 Å². The van der Waals surface area contributed by atoms with Crippen LogP contribution < -0.4 is 0 Å². The van der Waals surface area contributed by atoms with Crippen LogP contribution in [0.1, 0.15) is 47.5 Å². The molecule has 3 unspecified atom stereocenters. The predicted octanol–water partition coefficient (Wildman–Crippen LogP) is 4.72. The summed E-state index contributed by atoms with van der Waals surface area (Å²) < 4.78 is 5.01. The molecule has 2 fully saturated rings. The van der Waals surface area contributed by atoms with Gasteiger partial charge in [-0.15, -0.1) is 11.3 Å². The van der Waals surface area contributed by atoms with Gasteiger partial charge in [-0.25, -0.2) is 9.78 Å². The van der Waals surface area contributed by atoms with Crippen molar-refractivity contribution in [1.29, 1.82) is 0 Å². The van der Waals surface area contributed by atoms with Crippen LogP contribution in [-0.4, -0.2) is 41.0 Å². The highest BCUT2D eigenvalue weighted by molar-refractivity contribution is 7.17. The Morgan fingerprint density at radius 3 is 2.82 bits per heavy atom. The maximum Gasteiger partial charge on any atom is 0.328 e. The van der Waals surface area contributed by atoms with Crippen molar-refractivity contribution in [2.24, 2.45) is 5.92 Å². The molecular weight excluding hydrogens is 396 g/mol. The van der Waals surface area contributed by atoms with E-state index in [-0.39, 0.29) is 17.9 Å². The first-order chi connectivity index (χ1) is 13.5. The van der Waals surface area contributed by atoms with E-state index in [2.05, 4.69) is 4.98 Å². The molecule has 2 aliphatic rings. The van der Waals surface area contributed by atoms with Gasteiger partial charge in [0.1, 0.15) is 15.9 Å². The van der Waals surface area contributed by atoms with Crippen LogP contribution in [0.25, 0.3) is 10.6 Å². The third kappa shape index (κ3) is 3.44. The maximum absolute atomic E-state index is 13.5. The Labute approximate surface area is 173 Å². The first-order valence-electron chi connectivity index (χ1n) is 9.63. The fourth-order valence-corrected chi connectivity index (χ4v) is 5.75. The molecule has 1 aromatic carbocycles. The Kier molecular flexibility index (Phi) is 5.43. The number of nitrogens with zero attached hydrogens (tertiary/aromatic N) is 2. The summed E-state index contributed by atoms with van der Waals surface area (Å²) >= 11 is 7.47. The zero-order chi connectivity index (χ0) is 19.8. The van der Waals surface area contributed by atoms with Crippen molar-refractivity contribution in [2.45, 2.75) is 51.1 Å². The minimum absolute atomic E-state index is 0.104. The summed E-state index contributed by atoms with van der Waals surface area (Å²) in [5.41, 5.74) is 1.58. The molecule has 1 aromatic heterocycles. The van der Waals surface area contributed by atoms with Crippen LogP contribution in [0.5, 0.6) is 0 Å². The van der Waals surface area contributed by atoms with Gasteiger partial charge in [0.2, 0.25) is 0 Å². The second-order valence-electron chi connectivity index (χ2n) is 7.54. The number of carbonyl (C=O) groups excluding carboxylic acids is 2. The molecule has 148 valence electrons. The van der Waals surface area contributed by atoms with E-state index in [1.165, 1.54) is 18.4 Å². The molecule has 28 heavy (non-hydrogen) atoms. The van der Waals surface area contributed by atoms with Crippen LogP contribution >= 0.6 is 22.9 Å². The molecule has 1 saturated heterocycles. The number of amides is 1. The molecule has 1 aliphatic heterocycles. The van der Waals surface area contributed by atoms with E-state index in [0.29, 0.717) is 27.9 Å². The standard InChI is InChI=1S/C21H23ClN2O3S/c1-12-18(28-19(23-12)14-7-5-8-15(22)10-14)20(25)24-16-9-4-3-6-13(16)11-17(24)21(26)27-2/h5,7-8,10,13,16-17H,3-4,6,9,11H2,1-2H3.